The molecular formula is C20H16ClNO3S. The molecule has 0 fully saturated rings. The zero-order valence-corrected chi connectivity index (χ0v) is 15.6. The van der Waals surface area contributed by atoms with Crippen LogP contribution in [-0.2, 0) is 16.4 Å². The normalized spacial score (nSPS) is 11.9. The van der Waals surface area contributed by atoms with Crippen molar-refractivity contribution in [1.29, 1.82) is 0 Å². The van der Waals surface area contributed by atoms with E-state index in [1.165, 1.54) is 6.26 Å². The highest BCUT2D eigenvalue weighted by Gasteiger charge is 2.09. The van der Waals surface area contributed by atoms with Gasteiger partial charge in [0.2, 0.25) is 0 Å². The van der Waals surface area contributed by atoms with Crippen molar-refractivity contribution in [1.82, 2.24) is 0 Å². The zero-order valence-electron chi connectivity index (χ0n) is 14.0. The summed E-state index contributed by atoms with van der Waals surface area (Å²) in [4.78, 5) is 0.324. The molecular weight excluding hydrogens is 370 g/mol. The summed E-state index contributed by atoms with van der Waals surface area (Å²) in [6, 6.07) is 18.4. The Bertz CT molecular complexity index is 1210. The predicted molar refractivity (Wildman–Crippen MR) is 106 cm³/mol. The minimum absolute atomic E-state index is 0.324. The smallest absolute Gasteiger partial charge is 0.175 e. The molecule has 132 valence electrons. The zero-order chi connectivity index (χ0) is 18.3. The highest BCUT2D eigenvalue weighted by Crippen LogP contribution is 2.32. The van der Waals surface area contributed by atoms with Crippen LogP contribution in [0.25, 0.3) is 21.9 Å². The van der Waals surface area contributed by atoms with E-state index in [4.69, 9.17) is 16.0 Å². The van der Waals surface area contributed by atoms with Gasteiger partial charge in [0.15, 0.2) is 9.84 Å². The van der Waals surface area contributed by atoms with E-state index in [9.17, 15) is 8.42 Å². The fourth-order valence-corrected chi connectivity index (χ4v) is 3.72. The lowest BCUT2D eigenvalue weighted by molar-refractivity contribution is 0.602. The maximum absolute atomic E-state index is 11.5. The van der Waals surface area contributed by atoms with Crippen molar-refractivity contribution in [3.8, 4) is 0 Å². The fraction of sp³-hybridized carbons (Fsp3) is 0.100. The number of fused-ring (bicyclic) bond motifs is 3. The van der Waals surface area contributed by atoms with Crippen LogP contribution < -0.4 is 5.32 Å². The molecule has 4 aromatic rings. The van der Waals surface area contributed by atoms with E-state index >= 15 is 0 Å². The minimum Gasteiger partial charge on any atom is -0.456 e. The second-order valence-electron chi connectivity index (χ2n) is 6.22. The minimum atomic E-state index is -3.17. The number of rotatable bonds is 4. The van der Waals surface area contributed by atoms with Gasteiger partial charge in [0.05, 0.1) is 4.90 Å². The van der Waals surface area contributed by atoms with Gasteiger partial charge in [-0.25, -0.2) is 8.42 Å². The van der Waals surface area contributed by atoms with Crippen molar-refractivity contribution in [2.45, 2.75) is 11.4 Å². The highest BCUT2D eigenvalue weighted by atomic mass is 35.5. The standard InChI is InChI=1S/C20H16ClNO3S/c1-26(23,24)16-6-2-13(3-7-16)12-22-15-5-9-20-18(11-15)17-10-14(21)4-8-19(17)25-20/h2-11,22H,12H2,1H3. The van der Waals surface area contributed by atoms with Crippen molar-refractivity contribution in [3.63, 3.8) is 0 Å². The molecule has 4 rings (SSSR count). The maximum Gasteiger partial charge on any atom is 0.175 e. The van der Waals surface area contributed by atoms with Gasteiger partial charge in [-0.05, 0) is 54.1 Å². The molecule has 0 radical (unpaired) electrons. The molecule has 0 saturated heterocycles. The Morgan fingerprint density at radius 1 is 0.923 bits per heavy atom. The lowest BCUT2D eigenvalue weighted by atomic mass is 10.1. The van der Waals surface area contributed by atoms with E-state index in [1.807, 2.05) is 48.5 Å². The third kappa shape index (κ3) is 3.28. The molecule has 0 aliphatic heterocycles. The quantitative estimate of drug-likeness (QED) is 0.521. The number of sulfone groups is 1. The number of halogens is 1. The number of nitrogens with one attached hydrogen (secondary N) is 1. The molecule has 26 heavy (non-hydrogen) atoms. The van der Waals surface area contributed by atoms with Gasteiger partial charge in [0.25, 0.3) is 0 Å². The van der Waals surface area contributed by atoms with Gasteiger partial charge in [-0.15, -0.1) is 0 Å². The highest BCUT2D eigenvalue weighted by molar-refractivity contribution is 7.90. The Morgan fingerprint density at radius 3 is 2.27 bits per heavy atom. The van der Waals surface area contributed by atoms with Crippen LogP contribution in [0.4, 0.5) is 5.69 Å². The number of hydrogen-bond acceptors (Lipinski definition) is 4. The molecule has 4 nitrogen and oxygen atoms in total. The van der Waals surface area contributed by atoms with Crippen LogP contribution in [0.5, 0.6) is 0 Å². The summed E-state index contributed by atoms with van der Waals surface area (Å²) in [5, 5.41) is 6.01. The van der Waals surface area contributed by atoms with Gasteiger partial charge in [-0.2, -0.15) is 0 Å². The Morgan fingerprint density at radius 2 is 1.58 bits per heavy atom. The second-order valence-corrected chi connectivity index (χ2v) is 8.68. The van der Waals surface area contributed by atoms with Gasteiger partial charge >= 0.3 is 0 Å². The molecule has 0 spiro atoms. The Labute approximate surface area is 156 Å². The monoisotopic (exact) mass is 385 g/mol. The molecule has 0 aliphatic rings. The molecule has 1 N–H and O–H groups in total. The SMILES string of the molecule is CS(=O)(=O)c1ccc(CNc2ccc3oc4ccc(Cl)cc4c3c2)cc1. The molecule has 0 bridgehead atoms. The molecule has 0 amide bonds. The van der Waals surface area contributed by atoms with Crippen LogP contribution in [0.2, 0.25) is 5.02 Å². The summed E-state index contributed by atoms with van der Waals surface area (Å²) in [6.07, 6.45) is 1.21. The number of anilines is 1. The third-order valence-electron chi connectivity index (χ3n) is 4.28. The van der Waals surface area contributed by atoms with Crippen LogP contribution in [0.1, 0.15) is 5.56 Å². The molecule has 6 heteroatoms. The van der Waals surface area contributed by atoms with Crippen molar-refractivity contribution >= 4 is 49.1 Å². The first-order valence-corrected chi connectivity index (χ1v) is 10.3. The first-order valence-electron chi connectivity index (χ1n) is 8.05. The average Bonchev–Trinajstić information content (AvgIpc) is 2.97. The van der Waals surface area contributed by atoms with Crippen molar-refractivity contribution < 1.29 is 12.8 Å². The molecule has 0 aliphatic carbocycles. The van der Waals surface area contributed by atoms with Gasteiger partial charge in [-0.1, -0.05) is 23.7 Å². The third-order valence-corrected chi connectivity index (χ3v) is 5.64. The Hall–Kier alpha value is -2.50. The lowest BCUT2D eigenvalue weighted by Crippen LogP contribution is -2.01. The maximum atomic E-state index is 11.5. The molecule has 1 heterocycles. The second kappa shape index (κ2) is 6.34. The van der Waals surface area contributed by atoms with E-state index in [0.717, 1.165) is 33.2 Å². The van der Waals surface area contributed by atoms with Crippen LogP contribution in [0.15, 0.2) is 70.0 Å². The van der Waals surface area contributed by atoms with Crippen LogP contribution in [0, 0.1) is 0 Å². The van der Waals surface area contributed by atoms with Crippen LogP contribution >= 0.6 is 11.6 Å². The predicted octanol–water partition coefficient (Wildman–Crippen LogP) is 5.26. The Kier molecular flexibility index (Phi) is 4.13. The van der Waals surface area contributed by atoms with E-state index in [0.29, 0.717) is 16.5 Å². The summed E-state index contributed by atoms with van der Waals surface area (Å²) in [7, 11) is -3.17. The summed E-state index contributed by atoms with van der Waals surface area (Å²) in [6.45, 7) is 0.589. The van der Waals surface area contributed by atoms with Crippen molar-refractivity contribution in [3.05, 3.63) is 71.2 Å². The number of hydrogen-bond donors (Lipinski definition) is 1. The van der Waals surface area contributed by atoms with Crippen LogP contribution in [0.3, 0.4) is 0 Å². The topological polar surface area (TPSA) is 59.3 Å². The van der Waals surface area contributed by atoms with Gasteiger partial charge in [0, 0.05) is 34.3 Å². The van der Waals surface area contributed by atoms with Crippen molar-refractivity contribution in [2.24, 2.45) is 0 Å². The van der Waals surface area contributed by atoms with Gasteiger partial charge in [0.1, 0.15) is 11.2 Å². The number of benzene rings is 3. The molecule has 0 saturated carbocycles. The van der Waals surface area contributed by atoms with E-state index in [-0.39, 0.29) is 0 Å². The van der Waals surface area contributed by atoms with Gasteiger partial charge < -0.3 is 9.73 Å². The first kappa shape index (κ1) is 16.9. The molecule has 0 atom stereocenters. The average molecular weight is 386 g/mol. The largest absolute Gasteiger partial charge is 0.456 e. The number of furan rings is 1. The molecule has 3 aromatic carbocycles. The van der Waals surface area contributed by atoms with Gasteiger partial charge in [-0.3, -0.25) is 0 Å². The molecule has 1 aromatic heterocycles. The summed E-state index contributed by atoms with van der Waals surface area (Å²) < 4.78 is 28.9. The van der Waals surface area contributed by atoms with Crippen molar-refractivity contribution in [2.75, 3.05) is 11.6 Å². The summed E-state index contributed by atoms with van der Waals surface area (Å²) in [5.41, 5.74) is 3.56. The van der Waals surface area contributed by atoms with E-state index in [1.54, 1.807) is 12.1 Å². The fourth-order valence-electron chi connectivity index (χ4n) is 2.92. The summed E-state index contributed by atoms with van der Waals surface area (Å²) in [5.74, 6) is 0. The molecule has 0 unspecified atom stereocenters. The lowest BCUT2D eigenvalue weighted by Gasteiger charge is -2.07. The van der Waals surface area contributed by atoms with E-state index < -0.39 is 9.84 Å². The van der Waals surface area contributed by atoms with E-state index in [2.05, 4.69) is 5.32 Å². The Balaban J connectivity index is 1.59. The van der Waals surface area contributed by atoms with Crippen LogP contribution in [-0.4, -0.2) is 14.7 Å². The summed E-state index contributed by atoms with van der Waals surface area (Å²) >= 11 is 6.10. The first-order chi connectivity index (χ1) is 12.4.